The average Bonchev–Trinajstić information content (AvgIpc) is 2.98. The summed E-state index contributed by atoms with van der Waals surface area (Å²) in [5.41, 5.74) is -1.76. The van der Waals surface area contributed by atoms with E-state index in [2.05, 4.69) is 20.0 Å². The Balaban J connectivity index is 1.76. The van der Waals surface area contributed by atoms with Crippen LogP contribution in [-0.2, 0) is 33.2 Å². The Hall–Kier alpha value is -2.83. The van der Waals surface area contributed by atoms with Gasteiger partial charge in [0.05, 0.1) is 37.1 Å². The molecular weight excluding hydrogens is 506 g/mol. The fourth-order valence-electron chi connectivity index (χ4n) is 4.08. The molecule has 2 aliphatic heterocycles. The Labute approximate surface area is 211 Å². The van der Waals surface area contributed by atoms with Crippen molar-refractivity contribution in [1.82, 2.24) is 10.6 Å². The first-order valence-corrected chi connectivity index (χ1v) is 11.6. The van der Waals surface area contributed by atoms with Gasteiger partial charge in [-0.3, -0.25) is 19.2 Å². The molecule has 1 aromatic carbocycles. The highest BCUT2D eigenvalue weighted by molar-refractivity contribution is 6.67. The first-order valence-electron chi connectivity index (χ1n) is 10.8. The second kappa shape index (κ2) is 10.4. The number of fused-ring (bicyclic) bond motifs is 2. The molecule has 0 aromatic heterocycles. The van der Waals surface area contributed by atoms with Crippen LogP contribution in [0, 0.1) is 5.92 Å². The van der Waals surface area contributed by atoms with E-state index in [9.17, 15) is 24.0 Å². The molecule has 2 saturated heterocycles. The van der Waals surface area contributed by atoms with Gasteiger partial charge in [-0.05, 0) is 24.1 Å². The number of carbonyl (C=O) groups excluding carboxylic acids is 4. The van der Waals surface area contributed by atoms with E-state index < -0.39 is 67.4 Å². The van der Waals surface area contributed by atoms with Gasteiger partial charge < -0.3 is 29.3 Å². The van der Waals surface area contributed by atoms with E-state index in [0.717, 1.165) is 7.11 Å². The van der Waals surface area contributed by atoms with Gasteiger partial charge >= 0.3 is 18.7 Å². The number of carbonyl (C=O) groups is 5. The molecule has 2 aliphatic rings. The fourth-order valence-corrected chi connectivity index (χ4v) is 4.46. The Kier molecular flexibility index (Phi) is 7.98. The van der Waals surface area contributed by atoms with Crippen LogP contribution in [0.2, 0.25) is 10.0 Å². The summed E-state index contributed by atoms with van der Waals surface area (Å²) in [5.74, 6) is -4.74. The van der Waals surface area contributed by atoms with E-state index in [1.165, 1.54) is 18.2 Å². The Morgan fingerprint density at radius 2 is 1.97 bits per heavy atom. The van der Waals surface area contributed by atoms with Crippen molar-refractivity contribution in [3.05, 3.63) is 33.8 Å². The van der Waals surface area contributed by atoms with E-state index in [-0.39, 0.29) is 22.9 Å². The number of rotatable bonds is 9. The van der Waals surface area contributed by atoms with Crippen LogP contribution < -0.4 is 10.6 Å². The topological polar surface area (TPSA) is 150 Å². The third-order valence-electron chi connectivity index (χ3n) is 5.63. The number of esters is 1. The molecule has 11 nitrogen and oxygen atoms in total. The Morgan fingerprint density at radius 3 is 2.63 bits per heavy atom. The number of methoxy groups -OCH3 is 1. The Morgan fingerprint density at radius 1 is 1.26 bits per heavy atom. The molecule has 35 heavy (non-hydrogen) atoms. The molecular formula is C21H25BCl2N2O9. The molecule has 2 amide bonds. The second-order valence-electron chi connectivity index (χ2n) is 8.80. The minimum absolute atomic E-state index is 0.0402. The van der Waals surface area contributed by atoms with Crippen LogP contribution >= 0.6 is 23.2 Å². The molecule has 1 unspecified atom stereocenters. The third kappa shape index (κ3) is 5.88. The first kappa shape index (κ1) is 26.8. The number of ether oxygens (including phenoxy) is 1. The summed E-state index contributed by atoms with van der Waals surface area (Å²) in [6.45, 7) is 0.238. The normalized spacial score (nSPS) is 23.8. The number of amides is 2. The maximum absolute atomic E-state index is 12.8. The maximum atomic E-state index is 12.8. The molecule has 3 rings (SSSR count). The number of hydrogen-bond donors (Lipinski definition) is 2. The summed E-state index contributed by atoms with van der Waals surface area (Å²) >= 11 is 11.9. The van der Waals surface area contributed by atoms with Crippen LogP contribution in [0.15, 0.2) is 18.2 Å². The van der Waals surface area contributed by atoms with Crippen molar-refractivity contribution in [1.29, 1.82) is 0 Å². The van der Waals surface area contributed by atoms with Gasteiger partial charge in [-0.2, -0.15) is 0 Å². The minimum atomic E-state index is -2.99. The first-order chi connectivity index (χ1) is 16.4. The lowest BCUT2D eigenvalue weighted by atomic mass is 9.64. The lowest BCUT2D eigenvalue weighted by Gasteiger charge is -2.43. The summed E-state index contributed by atoms with van der Waals surface area (Å²) in [5, 5.41) is 5.53. The van der Waals surface area contributed by atoms with E-state index in [0.29, 0.717) is 5.02 Å². The fraction of sp³-hybridized carbons (Fsp3) is 0.476. The van der Waals surface area contributed by atoms with E-state index >= 15 is 0 Å². The largest absolute Gasteiger partial charge is 0.715 e. The summed E-state index contributed by atoms with van der Waals surface area (Å²) in [4.78, 5) is 62.3. The third-order valence-corrected chi connectivity index (χ3v) is 6.20. The standard InChI is InChI=1S/C21H25BCl2N2O9/c1-11(2)6-15(26-16(27)10-25-19(30)13-7-12(23)4-5-14(13)24)22-33-18(29)9-21(35-22,20(31)34-22)8-17(28)32-3/h4-5,7,11,15,34H,6,8-10H2,1-3H3,(H,25,30)(H,26,27)/t15-,21+,22?/m0/s1. The zero-order valence-electron chi connectivity index (χ0n) is 19.3. The number of hydrogen-bond acceptors (Lipinski definition) is 8. The van der Waals surface area contributed by atoms with Crippen molar-refractivity contribution in [2.24, 2.45) is 5.92 Å². The van der Waals surface area contributed by atoms with Gasteiger partial charge in [0.1, 0.15) is 0 Å². The summed E-state index contributed by atoms with van der Waals surface area (Å²) < 4.78 is 19.9. The molecule has 2 heterocycles. The molecule has 3 N–H and O–H groups in total. The molecule has 2 fully saturated rings. The van der Waals surface area contributed by atoms with Crippen molar-refractivity contribution >= 4 is 59.7 Å². The SMILES string of the molecule is COC(=O)C[C@]12CC(=O)O[B-]([C@H](CC(C)C)NC(=O)CNC(=O)c3cc(Cl)ccc3Cl)(O1)[OH+]C2=O. The molecule has 0 radical (unpaired) electrons. The van der Waals surface area contributed by atoms with Crippen LogP contribution in [0.4, 0.5) is 0 Å². The monoisotopic (exact) mass is 530 g/mol. The van der Waals surface area contributed by atoms with Gasteiger partial charge in [0.2, 0.25) is 11.5 Å². The highest BCUT2D eigenvalue weighted by atomic mass is 35.5. The molecule has 0 spiro atoms. The lowest BCUT2D eigenvalue weighted by molar-refractivity contribution is -0.163. The van der Waals surface area contributed by atoms with Crippen LogP contribution in [0.3, 0.4) is 0 Å². The average molecular weight is 531 g/mol. The van der Waals surface area contributed by atoms with E-state index in [1.807, 2.05) is 13.8 Å². The predicted octanol–water partition coefficient (Wildman–Crippen LogP) is 1.07. The number of halogens is 2. The van der Waals surface area contributed by atoms with Crippen molar-refractivity contribution in [3.63, 3.8) is 0 Å². The minimum Gasteiger partial charge on any atom is -0.715 e. The van der Waals surface area contributed by atoms with Gasteiger partial charge in [0, 0.05) is 15.8 Å². The van der Waals surface area contributed by atoms with Gasteiger partial charge in [0.25, 0.3) is 11.9 Å². The number of carboxylic acids is 1. The maximum Gasteiger partial charge on any atom is 0.594 e. The zero-order chi connectivity index (χ0) is 26.0. The summed E-state index contributed by atoms with van der Waals surface area (Å²) in [6.07, 6.45) is -0.811. The highest BCUT2D eigenvalue weighted by Crippen LogP contribution is 2.41. The van der Waals surface area contributed by atoms with Gasteiger partial charge in [0.15, 0.2) is 0 Å². The molecule has 1 aromatic rings. The molecule has 190 valence electrons. The van der Waals surface area contributed by atoms with Crippen molar-refractivity contribution in [2.75, 3.05) is 13.7 Å². The molecule has 3 atom stereocenters. The van der Waals surface area contributed by atoms with E-state index in [4.69, 9.17) is 32.5 Å². The van der Waals surface area contributed by atoms with Crippen molar-refractivity contribution in [3.8, 4) is 0 Å². The summed E-state index contributed by atoms with van der Waals surface area (Å²) in [6, 6.07) is 4.33. The van der Waals surface area contributed by atoms with Gasteiger partial charge in [-0.15, -0.1) is 0 Å². The lowest BCUT2D eigenvalue weighted by Crippen LogP contribution is -2.66. The Bertz CT molecular complexity index is 1070. The second-order valence-corrected chi connectivity index (χ2v) is 9.65. The van der Waals surface area contributed by atoms with Crippen LogP contribution in [0.25, 0.3) is 0 Å². The van der Waals surface area contributed by atoms with Crippen LogP contribution in [0.1, 0.15) is 43.5 Å². The highest BCUT2D eigenvalue weighted by Gasteiger charge is 2.70. The van der Waals surface area contributed by atoms with Crippen LogP contribution in [0.5, 0.6) is 0 Å². The number of nitrogens with one attached hydrogen (secondary N) is 2. The van der Waals surface area contributed by atoms with Gasteiger partial charge in [-0.25, -0.2) is 0 Å². The van der Waals surface area contributed by atoms with E-state index in [1.54, 1.807) is 0 Å². The van der Waals surface area contributed by atoms with Crippen molar-refractivity contribution in [2.45, 2.75) is 44.7 Å². The number of benzene rings is 1. The summed E-state index contributed by atoms with van der Waals surface area (Å²) in [7, 11) is 1.14. The molecule has 0 aliphatic carbocycles. The van der Waals surface area contributed by atoms with Crippen LogP contribution in [-0.4, -0.2) is 66.3 Å². The number of aliphatic carboxylic acids is 1. The zero-order valence-corrected chi connectivity index (χ0v) is 20.8. The molecule has 0 saturated carbocycles. The van der Waals surface area contributed by atoms with Crippen molar-refractivity contribution < 1.29 is 42.7 Å². The molecule has 2 bridgehead atoms. The predicted molar refractivity (Wildman–Crippen MR) is 124 cm³/mol. The quantitative estimate of drug-likeness (QED) is 0.273. The molecule has 14 heteroatoms. The van der Waals surface area contributed by atoms with Gasteiger partial charge in [-0.1, -0.05) is 43.5 Å². The smallest absolute Gasteiger partial charge is 0.594 e.